The van der Waals surface area contributed by atoms with Gasteiger partial charge in [0.25, 0.3) is 0 Å². The lowest BCUT2D eigenvalue weighted by molar-refractivity contribution is -0.0720. The number of methoxy groups -OCH3 is 1. The Labute approximate surface area is 142 Å². The fourth-order valence-corrected chi connectivity index (χ4v) is 3.24. The summed E-state index contributed by atoms with van der Waals surface area (Å²) in [7, 11) is 5.99. The summed E-state index contributed by atoms with van der Waals surface area (Å²) in [6.07, 6.45) is 5.47. The van der Waals surface area contributed by atoms with Crippen LogP contribution in [-0.2, 0) is 11.3 Å². The molecule has 0 unspecified atom stereocenters. The second kappa shape index (κ2) is 7.38. The second-order valence-electron chi connectivity index (χ2n) is 6.64. The van der Waals surface area contributed by atoms with Crippen molar-refractivity contribution in [1.29, 1.82) is 0 Å². The Balaban J connectivity index is 1.58. The molecular weight excluding hydrogens is 306 g/mol. The van der Waals surface area contributed by atoms with Crippen LogP contribution in [0.1, 0.15) is 18.7 Å². The van der Waals surface area contributed by atoms with E-state index in [2.05, 4.69) is 39.1 Å². The topological polar surface area (TPSA) is 67.5 Å². The molecule has 0 amide bonds. The lowest BCUT2D eigenvalue weighted by Crippen LogP contribution is -2.50. The molecule has 0 saturated carbocycles. The predicted molar refractivity (Wildman–Crippen MR) is 90.3 cm³/mol. The standard InChI is InChI=1S/C17H25N5O2/c1-21(2)13-17(23-3)6-9-22(10-7-17)12-15-19-20-16(24-15)14-5-4-8-18-11-14/h4-5,8,11H,6-7,9-10,12-13H2,1-3H3. The van der Waals surface area contributed by atoms with E-state index in [0.29, 0.717) is 18.3 Å². The lowest BCUT2D eigenvalue weighted by atomic mass is 9.90. The van der Waals surface area contributed by atoms with Crippen LogP contribution in [-0.4, -0.2) is 71.4 Å². The summed E-state index contributed by atoms with van der Waals surface area (Å²) < 4.78 is 11.6. The molecule has 130 valence electrons. The molecule has 1 aliphatic rings. The number of hydrogen-bond acceptors (Lipinski definition) is 7. The zero-order valence-corrected chi connectivity index (χ0v) is 14.6. The maximum atomic E-state index is 5.82. The van der Waals surface area contributed by atoms with Crippen LogP contribution in [0.5, 0.6) is 0 Å². The molecule has 2 aromatic heterocycles. The SMILES string of the molecule is COC1(CN(C)C)CCN(Cc2nnc(-c3cccnc3)o2)CC1. The first-order valence-corrected chi connectivity index (χ1v) is 8.25. The molecule has 0 spiro atoms. The van der Waals surface area contributed by atoms with Gasteiger partial charge in [-0.1, -0.05) is 0 Å². The summed E-state index contributed by atoms with van der Waals surface area (Å²) >= 11 is 0. The molecule has 0 bridgehead atoms. The molecule has 1 fully saturated rings. The summed E-state index contributed by atoms with van der Waals surface area (Å²) in [5.41, 5.74) is 0.801. The van der Waals surface area contributed by atoms with Gasteiger partial charge in [-0.3, -0.25) is 9.88 Å². The first-order chi connectivity index (χ1) is 11.6. The number of likely N-dealkylation sites (N-methyl/N-ethyl adjacent to an activating group) is 1. The molecule has 3 rings (SSSR count). The minimum Gasteiger partial charge on any atom is -0.419 e. The van der Waals surface area contributed by atoms with Gasteiger partial charge >= 0.3 is 0 Å². The molecule has 0 radical (unpaired) electrons. The summed E-state index contributed by atoms with van der Waals surface area (Å²) in [5.74, 6) is 1.17. The van der Waals surface area contributed by atoms with E-state index in [4.69, 9.17) is 9.15 Å². The van der Waals surface area contributed by atoms with E-state index in [9.17, 15) is 0 Å². The van der Waals surface area contributed by atoms with E-state index in [1.54, 1.807) is 12.4 Å². The quantitative estimate of drug-likeness (QED) is 0.797. The summed E-state index contributed by atoms with van der Waals surface area (Å²) in [6, 6.07) is 3.78. The molecule has 3 heterocycles. The van der Waals surface area contributed by atoms with Gasteiger partial charge in [-0.25, -0.2) is 0 Å². The number of rotatable bonds is 6. The first-order valence-electron chi connectivity index (χ1n) is 8.25. The number of nitrogens with zero attached hydrogens (tertiary/aromatic N) is 5. The fraction of sp³-hybridized carbons (Fsp3) is 0.588. The predicted octanol–water partition coefficient (Wildman–Crippen LogP) is 1.67. The van der Waals surface area contributed by atoms with Crippen molar-refractivity contribution in [3.05, 3.63) is 30.4 Å². The van der Waals surface area contributed by atoms with Crippen LogP contribution in [0.2, 0.25) is 0 Å². The van der Waals surface area contributed by atoms with E-state index >= 15 is 0 Å². The van der Waals surface area contributed by atoms with Gasteiger partial charge in [-0.15, -0.1) is 10.2 Å². The fourth-order valence-electron chi connectivity index (χ4n) is 3.24. The Kier molecular flexibility index (Phi) is 5.23. The van der Waals surface area contributed by atoms with Crippen LogP contribution in [0, 0.1) is 0 Å². The van der Waals surface area contributed by atoms with Crippen molar-refractivity contribution in [3.8, 4) is 11.5 Å². The molecule has 0 atom stereocenters. The van der Waals surface area contributed by atoms with Gasteiger partial charge < -0.3 is 14.1 Å². The number of piperidine rings is 1. The van der Waals surface area contributed by atoms with Crippen molar-refractivity contribution < 1.29 is 9.15 Å². The van der Waals surface area contributed by atoms with Gasteiger partial charge in [-0.2, -0.15) is 0 Å². The second-order valence-corrected chi connectivity index (χ2v) is 6.64. The van der Waals surface area contributed by atoms with Crippen LogP contribution in [0.4, 0.5) is 0 Å². The van der Waals surface area contributed by atoms with Crippen LogP contribution < -0.4 is 0 Å². The van der Waals surface area contributed by atoms with Crippen molar-refractivity contribution in [2.24, 2.45) is 0 Å². The number of hydrogen-bond donors (Lipinski definition) is 0. The van der Waals surface area contributed by atoms with Crippen LogP contribution in [0.15, 0.2) is 28.9 Å². The van der Waals surface area contributed by atoms with Crippen molar-refractivity contribution >= 4 is 0 Å². The zero-order chi connectivity index (χ0) is 17.0. The summed E-state index contributed by atoms with van der Waals surface area (Å²) in [6.45, 7) is 3.55. The molecular formula is C17H25N5O2. The highest BCUT2D eigenvalue weighted by Crippen LogP contribution is 2.27. The Hall–Kier alpha value is -1.83. The molecule has 24 heavy (non-hydrogen) atoms. The van der Waals surface area contributed by atoms with Gasteiger partial charge in [-0.05, 0) is 39.1 Å². The average molecular weight is 331 g/mol. The molecule has 0 aromatic carbocycles. The van der Waals surface area contributed by atoms with Crippen LogP contribution in [0.25, 0.3) is 11.5 Å². The summed E-state index contributed by atoms with van der Waals surface area (Å²) in [5, 5.41) is 8.29. The Bertz CT molecular complexity index is 635. The van der Waals surface area contributed by atoms with Crippen molar-refractivity contribution in [3.63, 3.8) is 0 Å². The van der Waals surface area contributed by atoms with Gasteiger partial charge in [0.1, 0.15) is 0 Å². The van der Waals surface area contributed by atoms with Gasteiger partial charge in [0.05, 0.1) is 17.7 Å². The van der Waals surface area contributed by atoms with Crippen molar-refractivity contribution in [2.45, 2.75) is 25.0 Å². The molecule has 1 saturated heterocycles. The third-order valence-corrected chi connectivity index (χ3v) is 4.54. The van der Waals surface area contributed by atoms with E-state index in [0.717, 1.165) is 38.0 Å². The Morgan fingerprint density at radius 2 is 2.08 bits per heavy atom. The highest BCUT2D eigenvalue weighted by atomic mass is 16.5. The van der Waals surface area contributed by atoms with E-state index < -0.39 is 0 Å². The smallest absolute Gasteiger partial charge is 0.249 e. The third kappa shape index (κ3) is 3.98. The number of pyridine rings is 1. The van der Waals surface area contributed by atoms with Crippen LogP contribution in [0.3, 0.4) is 0 Å². The highest BCUT2D eigenvalue weighted by molar-refractivity contribution is 5.49. The third-order valence-electron chi connectivity index (χ3n) is 4.54. The molecule has 1 aliphatic heterocycles. The number of ether oxygens (including phenoxy) is 1. The molecule has 0 aliphatic carbocycles. The monoisotopic (exact) mass is 331 g/mol. The van der Waals surface area contributed by atoms with Gasteiger partial charge in [0, 0.05) is 39.1 Å². The highest BCUT2D eigenvalue weighted by Gasteiger charge is 2.35. The molecule has 7 heteroatoms. The largest absolute Gasteiger partial charge is 0.419 e. The van der Waals surface area contributed by atoms with E-state index in [-0.39, 0.29) is 5.60 Å². The van der Waals surface area contributed by atoms with Crippen LogP contribution >= 0.6 is 0 Å². The lowest BCUT2D eigenvalue weighted by Gasteiger charge is -2.41. The normalized spacial score (nSPS) is 18.2. The van der Waals surface area contributed by atoms with E-state index in [1.165, 1.54) is 0 Å². The Morgan fingerprint density at radius 3 is 2.71 bits per heavy atom. The van der Waals surface area contributed by atoms with Gasteiger partial charge in [0.2, 0.25) is 11.8 Å². The minimum atomic E-state index is -0.0459. The maximum absolute atomic E-state index is 5.82. The zero-order valence-electron chi connectivity index (χ0n) is 14.6. The van der Waals surface area contributed by atoms with E-state index in [1.807, 2.05) is 19.2 Å². The number of likely N-dealkylation sites (tertiary alicyclic amines) is 1. The molecule has 2 aromatic rings. The number of aromatic nitrogens is 3. The summed E-state index contributed by atoms with van der Waals surface area (Å²) in [4.78, 5) is 8.61. The van der Waals surface area contributed by atoms with Crippen molar-refractivity contribution in [1.82, 2.24) is 25.0 Å². The molecule has 7 nitrogen and oxygen atoms in total. The Morgan fingerprint density at radius 1 is 1.29 bits per heavy atom. The van der Waals surface area contributed by atoms with Crippen molar-refractivity contribution in [2.75, 3.05) is 40.8 Å². The maximum Gasteiger partial charge on any atom is 0.249 e. The first kappa shape index (κ1) is 17.0. The molecule has 0 N–H and O–H groups in total. The van der Waals surface area contributed by atoms with Gasteiger partial charge in [0.15, 0.2) is 0 Å². The average Bonchev–Trinajstić information content (AvgIpc) is 3.06. The minimum absolute atomic E-state index is 0.0459.